The molecule has 2 rings (SSSR count). The summed E-state index contributed by atoms with van der Waals surface area (Å²) in [6, 6.07) is 5.39. The minimum Gasteiger partial charge on any atom is -0.406 e. The van der Waals surface area contributed by atoms with Gasteiger partial charge in [0, 0.05) is 27.3 Å². The first-order chi connectivity index (χ1) is 13.1. The standard InChI is InChI=1S/C17H19F3N4O4/c1-24(2)16-22-12(8-14(25)23-16)15(26)21-13(9-27-3)10-4-6-11(7-5-10)28-17(18,19)20/h4-8,13H,9H2,1-3H3,(H,21,26)(H,22,23,25)/t13-/m0/s1. The zero-order chi connectivity index (χ0) is 20.9. The van der Waals surface area contributed by atoms with E-state index < -0.39 is 23.9 Å². The number of H-pyrrole nitrogens is 1. The largest absolute Gasteiger partial charge is 0.573 e. The van der Waals surface area contributed by atoms with Gasteiger partial charge in [0.25, 0.3) is 11.5 Å². The molecule has 8 nitrogen and oxygen atoms in total. The Labute approximate surface area is 158 Å². The number of ether oxygens (including phenoxy) is 2. The van der Waals surface area contributed by atoms with Crippen LogP contribution in [0.25, 0.3) is 0 Å². The Hall–Kier alpha value is -3.08. The van der Waals surface area contributed by atoms with E-state index in [4.69, 9.17) is 4.74 Å². The highest BCUT2D eigenvalue weighted by molar-refractivity contribution is 5.92. The molecule has 1 heterocycles. The maximum absolute atomic E-state index is 12.5. The van der Waals surface area contributed by atoms with Gasteiger partial charge in [-0.2, -0.15) is 0 Å². The second kappa shape index (κ2) is 8.74. The number of anilines is 1. The molecule has 0 saturated carbocycles. The summed E-state index contributed by atoms with van der Waals surface area (Å²) < 4.78 is 45.7. The molecule has 0 aliphatic rings. The van der Waals surface area contributed by atoms with Crippen LogP contribution < -0.4 is 20.5 Å². The van der Waals surface area contributed by atoms with Gasteiger partial charge in [0.15, 0.2) is 0 Å². The Balaban J connectivity index is 2.20. The Morgan fingerprint density at radius 2 is 1.93 bits per heavy atom. The van der Waals surface area contributed by atoms with Crippen molar-refractivity contribution < 1.29 is 27.4 Å². The first-order valence-electron chi connectivity index (χ1n) is 8.03. The highest BCUT2D eigenvalue weighted by Crippen LogP contribution is 2.24. The second-order valence-corrected chi connectivity index (χ2v) is 5.95. The predicted octanol–water partition coefficient (Wildman–Crippen LogP) is 1.85. The molecule has 0 saturated heterocycles. The number of aromatic amines is 1. The van der Waals surface area contributed by atoms with Gasteiger partial charge in [-0.1, -0.05) is 12.1 Å². The zero-order valence-corrected chi connectivity index (χ0v) is 15.3. The van der Waals surface area contributed by atoms with Crippen molar-refractivity contribution in [1.29, 1.82) is 0 Å². The number of aromatic nitrogens is 2. The van der Waals surface area contributed by atoms with Gasteiger partial charge in [-0.15, -0.1) is 13.2 Å². The maximum atomic E-state index is 12.5. The fourth-order valence-electron chi connectivity index (χ4n) is 2.29. The molecule has 0 unspecified atom stereocenters. The van der Waals surface area contributed by atoms with E-state index in [2.05, 4.69) is 20.0 Å². The summed E-state index contributed by atoms with van der Waals surface area (Å²) in [7, 11) is 4.71. The SMILES string of the molecule is COC[C@H](NC(=O)c1cc(=O)[nH]c(N(C)C)n1)c1ccc(OC(F)(F)F)cc1. The van der Waals surface area contributed by atoms with Gasteiger partial charge < -0.3 is 19.7 Å². The van der Waals surface area contributed by atoms with E-state index in [0.29, 0.717) is 5.56 Å². The zero-order valence-electron chi connectivity index (χ0n) is 15.3. The van der Waals surface area contributed by atoms with E-state index in [9.17, 15) is 22.8 Å². The lowest BCUT2D eigenvalue weighted by molar-refractivity contribution is -0.274. The second-order valence-electron chi connectivity index (χ2n) is 5.95. The first-order valence-corrected chi connectivity index (χ1v) is 8.03. The lowest BCUT2D eigenvalue weighted by atomic mass is 10.1. The molecule has 1 aromatic heterocycles. The van der Waals surface area contributed by atoms with Gasteiger partial charge in [-0.3, -0.25) is 14.6 Å². The van der Waals surface area contributed by atoms with Crippen LogP contribution in [0.2, 0.25) is 0 Å². The summed E-state index contributed by atoms with van der Waals surface area (Å²) >= 11 is 0. The summed E-state index contributed by atoms with van der Waals surface area (Å²) in [6.45, 7) is 0.0505. The number of alkyl halides is 3. The van der Waals surface area contributed by atoms with E-state index in [-0.39, 0.29) is 24.0 Å². The number of halogens is 3. The molecule has 28 heavy (non-hydrogen) atoms. The fraction of sp³-hybridized carbons (Fsp3) is 0.353. The van der Waals surface area contributed by atoms with Crippen LogP contribution >= 0.6 is 0 Å². The fourth-order valence-corrected chi connectivity index (χ4v) is 2.29. The molecular weight excluding hydrogens is 381 g/mol. The molecule has 2 aromatic rings. The highest BCUT2D eigenvalue weighted by Gasteiger charge is 2.31. The molecule has 0 fully saturated rings. The molecule has 0 spiro atoms. The number of hydrogen-bond donors (Lipinski definition) is 2. The number of benzene rings is 1. The quantitative estimate of drug-likeness (QED) is 0.737. The monoisotopic (exact) mass is 400 g/mol. The van der Waals surface area contributed by atoms with Crippen molar-refractivity contribution in [2.75, 3.05) is 32.7 Å². The van der Waals surface area contributed by atoms with Gasteiger partial charge in [0.1, 0.15) is 11.4 Å². The number of rotatable bonds is 7. The van der Waals surface area contributed by atoms with Crippen LogP contribution in [0.4, 0.5) is 19.1 Å². The van der Waals surface area contributed by atoms with Crippen LogP contribution in [-0.4, -0.2) is 50.0 Å². The van der Waals surface area contributed by atoms with Crippen molar-refractivity contribution in [1.82, 2.24) is 15.3 Å². The van der Waals surface area contributed by atoms with Crippen molar-refractivity contribution in [3.05, 3.63) is 51.9 Å². The molecular formula is C17H19F3N4O4. The lowest BCUT2D eigenvalue weighted by Crippen LogP contribution is -2.33. The third-order valence-corrected chi connectivity index (χ3v) is 3.54. The van der Waals surface area contributed by atoms with Gasteiger partial charge in [-0.25, -0.2) is 4.98 Å². The van der Waals surface area contributed by atoms with Crippen molar-refractivity contribution in [2.24, 2.45) is 0 Å². The van der Waals surface area contributed by atoms with Crippen LogP contribution in [0.3, 0.4) is 0 Å². The van der Waals surface area contributed by atoms with Gasteiger partial charge >= 0.3 is 6.36 Å². The van der Waals surface area contributed by atoms with Crippen LogP contribution in [-0.2, 0) is 4.74 Å². The summed E-state index contributed by atoms with van der Waals surface area (Å²) in [5.74, 6) is -0.813. The highest BCUT2D eigenvalue weighted by atomic mass is 19.4. The molecule has 0 aliphatic carbocycles. The number of carbonyl (C=O) groups excluding carboxylic acids is 1. The van der Waals surface area contributed by atoms with Crippen LogP contribution in [0.15, 0.2) is 35.1 Å². The minimum absolute atomic E-state index is 0.0505. The van der Waals surface area contributed by atoms with E-state index >= 15 is 0 Å². The molecule has 11 heteroatoms. The Bertz CT molecular complexity index is 866. The predicted molar refractivity (Wildman–Crippen MR) is 94.4 cm³/mol. The molecule has 1 amide bonds. The van der Waals surface area contributed by atoms with Crippen molar-refractivity contribution in [3.63, 3.8) is 0 Å². The smallest absolute Gasteiger partial charge is 0.406 e. The average Bonchev–Trinajstić information content (AvgIpc) is 2.60. The number of carbonyl (C=O) groups is 1. The average molecular weight is 400 g/mol. The summed E-state index contributed by atoms with van der Waals surface area (Å²) in [4.78, 5) is 32.3. The van der Waals surface area contributed by atoms with Crippen molar-refractivity contribution >= 4 is 11.9 Å². The third-order valence-electron chi connectivity index (χ3n) is 3.54. The third kappa shape index (κ3) is 5.98. The number of hydrogen-bond acceptors (Lipinski definition) is 6. The molecule has 1 aromatic carbocycles. The minimum atomic E-state index is -4.79. The van der Waals surface area contributed by atoms with Gasteiger partial charge in [0.2, 0.25) is 5.95 Å². The van der Waals surface area contributed by atoms with Gasteiger partial charge in [-0.05, 0) is 17.7 Å². The van der Waals surface area contributed by atoms with Crippen molar-refractivity contribution in [3.8, 4) is 5.75 Å². The molecule has 2 N–H and O–H groups in total. The molecule has 152 valence electrons. The number of nitrogens with one attached hydrogen (secondary N) is 2. The van der Waals surface area contributed by atoms with E-state index in [1.165, 1.54) is 24.1 Å². The summed E-state index contributed by atoms with van der Waals surface area (Å²) in [5.41, 5.74) is -0.117. The van der Waals surface area contributed by atoms with Crippen LogP contribution in [0.1, 0.15) is 22.1 Å². The van der Waals surface area contributed by atoms with Crippen LogP contribution in [0, 0.1) is 0 Å². The Kier molecular flexibility index (Phi) is 6.62. The number of amides is 1. The molecule has 0 bridgehead atoms. The molecule has 1 atom stereocenters. The van der Waals surface area contributed by atoms with Crippen molar-refractivity contribution in [2.45, 2.75) is 12.4 Å². The van der Waals surface area contributed by atoms with E-state index in [1.54, 1.807) is 14.1 Å². The first kappa shape index (κ1) is 21.2. The normalized spacial score (nSPS) is 12.4. The Morgan fingerprint density at radius 3 is 2.46 bits per heavy atom. The number of methoxy groups -OCH3 is 1. The van der Waals surface area contributed by atoms with E-state index in [0.717, 1.165) is 18.2 Å². The number of nitrogens with zero attached hydrogens (tertiary/aromatic N) is 2. The molecule has 0 radical (unpaired) electrons. The van der Waals surface area contributed by atoms with Crippen LogP contribution in [0.5, 0.6) is 5.75 Å². The van der Waals surface area contributed by atoms with E-state index in [1.807, 2.05) is 0 Å². The lowest BCUT2D eigenvalue weighted by Gasteiger charge is -2.19. The summed E-state index contributed by atoms with van der Waals surface area (Å²) in [5, 5.41) is 2.65. The topological polar surface area (TPSA) is 96.5 Å². The maximum Gasteiger partial charge on any atom is 0.573 e. The molecule has 0 aliphatic heterocycles. The van der Waals surface area contributed by atoms with Gasteiger partial charge in [0.05, 0.1) is 12.6 Å². The Morgan fingerprint density at radius 1 is 1.29 bits per heavy atom. The summed E-state index contributed by atoms with van der Waals surface area (Å²) in [6.07, 6.45) is -4.79.